The van der Waals surface area contributed by atoms with E-state index in [1.54, 1.807) is 19.2 Å². The van der Waals surface area contributed by atoms with Crippen LogP contribution in [0, 0.1) is 12.3 Å². The van der Waals surface area contributed by atoms with Crippen LogP contribution in [-0.4, -0.2) is 21.0 Å². The molecule has 0 amide bonds. The highest BCUT2D eigenvalue weighted by atomic mass is 35.5. The predicted molar refractivity (Wildman–Crippen MR) is 119 cm³/mol. The van der Waals surface area contributed by atoms with Gasteiger partial charge in [0.05, 0.1) is 21.7 Å². The van der Waals surface area contributed by atoms with Crippen LogP contribution in [0.1, 0.15) is 19.4 Å². The fraction of sp³-hybridized carbons (Fsp3) is 0.136. The number of hydrogen-bond acceptors (Lipinski definition) is 3. The molecule has 7 heteroatoms. The van der Waals surface area contributed by atoms with E-state index in [0.717, 1.165) is 21.9 Å². The molecule has 6 nitrogen and oxygen atoms in total. The van der Waals surface area contributed by atoms with E-state index in [0.29, 0.717) is 22.1 Å². The van der Waals surface area contributed by atoms with Crippen LogP contribution in [0.5, 0.6) is 5.75 Å². The number of aryl methyl sites for hydroxylation is 1. The summed E-state index contributed by atoms with van der Waals surface area (Å²) in [6, 6.07) is 13.0. The molecular formula is C22H22ClN5O. The van der Waals surface area contributed by atoms with Gasteiger partial charge in [-0.25, -0.2) is 9.98 Å². The number of para-hydroxylation sites is 1. The number of guanidine groups is 1. The van der Waals surface area contributed by atoms with Gasteiger partial charge in [0.2, 0.25) is 5.96 Å². The highest BCUT2D eigenvalue weighted by Gasteiger charge is 2.13. The lowest BCUT2D eigenvalue weighted by Crippen LogP contribution is -2.13. The normalized spacial score (nSPS) is 11.4. The Labute approximate surface area is 173 Å². The van der Waals surface area contributed by atoms with Gasteiger partial charge < -0.3 is 15.8 Å². The van der Waals surface area contributed by atoms with Gasteiger partial charge in [0.15, 0.2) is 0 Å². The first-order valence-corrected chi connectivity index (χ1v) is 9.62. The Morgan fingerprint density at radius 2 is 1.90 bits per heavy atom. The largest absolute Gasteiger partial charge is 0.506 e. The molecule has 0 unspecified atom stereocenters. The molecule has 5 N–H and O–H groups in total. The van der Waals surface area contributed by atoms with E-state index in [1.807, 2.05) is 50.2 Å². The third kappa shape index (κ3) is 3.79. The third-order valence-electron chi connectivity index (χ3n) is 4.39. The number of rotatable bonds is 1. The molecule has 148 valence electrons. The maximum Gasteiger partial charge on any atom is 0.213 e. The molecule has 0 aliphatic rings. The molecule has 0 saturated carbocycles. The predicted octanol–water partition coefficient (Wildman–Crippen LogP) is 4.87. The highest BCUT2D eigenvalue weighted by Crippen LogP contribution is 2.34. The van der Waals surface area contributed by atoms with Crippen molar-refractivity contribution in [1.29, 1.82) is 5.41 Å². The first-order valence-electron chi connectivity index (χ1n) is 9.24. The summed E-state index contributed by atoms with van der Waals surface area (Å²) in [7, 11) is 0. The van der Waals surface area contributed by atoms with Gasteiger partial charge in [0.1, 0.15) is 11.1 Å². The fourth-order valence-electron chi connectivity index (χ4n) is 3.18. The van der Waals surface area contributed by atoms with Crippen LogP contribution in [0.3, 0.4) is 0 Å². The molecule has 0 atom stereocenters. The lowest BCUT2D eigenvalue weighted by atomic mass is 10.1. The number of hydrogen-bond donors (Lipinski definition) is 4. The number of phenolic OH excluding ortho intramolecular Hbond substituents is 1. The molecule has 4 aromatic rings. The van der Waals surface area contributed by atoms with Gasteiger partial charge in [-0.1, -0.05) is 43.6 Å². The van der Waals surface area contributed by atoms with Crippen LogP contribution in [-0.2, 0) is 0 Å². The number of aromatic nitrogens is 2. The number of nitrogens with zero attached hydrogens (tertiary/aromatic N) is 2. The number of phenols is 1. The summed E-state index contributed by atoms with van der Waals surface area (Å²) in [6.45, 7) is 5.79. The van der Waals surface area contributed by atoms with Gasteiger partial charge in [0, 0.05) is 22.5 Å². The second kappa shape index (κ2) is 8.32. The minimum Gasteiger partial charge on any atom is -0.506 e. The maximum absolute atomic E-state index is 10.0. The highest BCUT2D eigenvalue weighted by molar-refractivity contribution is 6.32. The van der Waals surface area contributed by atoms with Gasteiger partial charge in [-0.2, -0.15) is 0 Å². The summed E-state index contributed by atoms with van der Waals surface area (Å²) in [5.41, 5.74) is 9.11. The van der Waals surface area contributed by atoms with Crippen molar-refractivity contribution in [2.75, 3.05) is 0 Å². The molecule has 2 heterocycles. The number of benzene rings is 2. The quantitative estimate of drug-likeness (QED) is 0.266. The van der Waals surface area contributed by atoms with Crippen molar-refractivity contribution in [2.24, 2.45) is 10.7 Å². The van der Waals surface area contributed by atoms with Crippen molar-refractivity contribution in [2.45, 2.75) is 20.8 Å². The number of aromatic hydroxyl groups is 1. The molecule has 4 rings (SSSR count). The summed E-state index contributed by atoms with van der Waals surface area (Å²) < 4.78 is 0. The Hall–Kier alpha value is -3.38. The molecule has 29 heavy (non-hydrogen) atoms. The fourth-order valence-corrected chi connectivity index (χ4v) is 3.45. The summed E-state index contributed by atoms with van der Waals surface area (Å²) in [5, 5.41) is 20.0. The van der Waals surface area contributed by atoms with Crippen molar-refractivity contribution in [3.8, 4) is 17.0 Å². The first kappa shape index (κ1) is 20.4. The molecule has 0 bridgehead atoms. The van der Waals surface area contributed by atoms with Crippen LogP contribution in [0.25, 0.3) is 33.1 Å². The minimum atomic E-state index is -0.285. The molecule has 2 aromatic heterocycles. The molecule has 0 aliphatic carbocycles. The van der Waals surface area contributed by atoms with Crippen LogP contribution < -0.4 is 11.1 Å². The van der Waals surface area contributed by atoms with Crippen LogP contribution in [0.4, 0.5) is 0 Å². The van der Waals surface area contributed by atoms with E-state index in [1.165, 1.54) is 0 Å². The van der Waals surface area contributed by atoms with Gasteiger partial charge in [-0.05, 0) is 36.8 Å². The number of halogens is 1. The number of fused-ring (bicyclic) bond motifs is 2. The average molecular weight is 408 g/mol. The van der Waals surface area contributed by atoms with Crippen molar-refractivity contribution in [3.63, 3.8) is 0 Å². The third-order valence-corrected chi connectivity index (χ3v) is 4.68. The Morgan fingerprint density at radius 3 is 2.59 bits per heavy atom. The number of nitrogens with two attached hydrogens (primary N) is 1. The Kier molecular flexibility index (Phi) is 5.84. The van der Waals surface area contributed by atoms with E-state index < -0.39 is 0 Å². The zero-order valence-electron chi connectivity index (χ0n) is 16.4. The number of H-pyrrole nitrogens is 1. The van der Waals surface area contributed by atoms with Crippen molar-refractivity contribution >= 4 is 39.4 Å². The molecule has 0 fully saturated rings. The van der Waals surface area contributed by atoms with Gasteiger partial charge in [-0.3, -0.25) is 5.41 Å². The van der Waals surface area contributed by atoms with Crippen molar-refractivity contribution in [3.05, 3.63) is 64.6 Å². The Morgan fingerprint density at radius 1 is 1.17 bits per heavy atom. The van der Waals surface area contributed by atoms with Crippen LogP contribution in [0.15, 0.2) is 53.7 Å². The van der Waals surface area contributed by atoms with Gasteiger partial charge >= 0.3 is 0 Å². The molecule has 0 radical (unpaired) electrons. The van der Waals surface area contributed by atoms with Crippen LogP contribution >= 0.6 is 11.6 Å². The summed E-state index contributed by atoms with van der Waals surface area (Å²) in [4.78, 5) is 12.3. The second-order valence-corrected chi connectivity index (χ2v) is 6.62. The topological polar surface area (TPSA) is 111 Å². The van der Waals surface area contributed by atoms with E-state index in [-0.39, 0.29) is 16.7 Å². The molecule has 0 aliphatic heterocycles. The average Bonchev–Trinajstić information content (AvgIpc) is 3.14. The van der Waals surface area contributed by atoms with E-state index in [4.69, 9.17) is 27.7 Å². The van der Waals surface area contributed by atoms with E-state index in [9.17, 15) is 5.11 Å². The van der Waals surface area contributed by atoms with Gasteiger partial charge in [-0.15, -0.1) is 0 Å². The Balaban J connectivity index is 0.00000117. The Bertz CT molecular complexity index is 1270. The summed E-state index contributed by atoms with van der Waals surface area (Å²) in [5.74, 6) is -0.226. The van der Waals surface area contributed by atoms with E-state index >= 15 is 0 Å². The lowest BCUT2D eigenvalue weighted by molar-refractivity contribution is 0.471. The maximum atomic E-state index is 10.0. The zero-order chi connectivity index (χ0) is 21.1. The standard InChI is InChI=1S/C20H16ClN5O.C2H6/c1-10-8-11(9-14(21)19(10)27)16-13-6-7-24-17(13)18(26-20(22)23)12-4-2-3-5-15(12)25-16;1-2/h2-9,24,27H,1H3,(H3,22,23);1-2H3/b26-18-;. The number of nitrogens with one attached hydrogen (secondary N) is 2. The SMILES string of the molecule is CC.Cc1cc(-c2nc3ccccc3/c(=N/C(=N)N)c3[nH]ccc23)cc(Cl)c1O. The van der Waals surface area contributed by atoms with Crippen molar-refractivity contribution in [1.82, 2.24) is 9.97 Å². The zero-order valence-corrected chi connectivity index (χ0v) is 17.2. The molecule has 0 spiro atoms. The number of aromatic amines is 1. The smallest absolute Gasteiger partial charge is 0.213 e. The monoisotopic (exact) mass is 407 g/mol. The second-order valence-electron chi connectivity index (χ2n) is 6.21. The lowest BCUT2D eigenvalue weighted by Gasteiger charge is -2.06. The molecular weight excluding hydrogens is 386 g/mol. The summed E-state index contributed by atoms with van der Waals surface area (Å²) in [6.07, 6.45) is 1.79. The molecule has 2 aromatic carbocycles. The first-order chi connectivity index (χ1) is 14.0. The van der Waals surface area contributed by atoms with Gasteiger partial charge in [0.25, 0.3) is 0 Å². The minimum absolute atomic E-state index is 0.0585. The summed E-state index contributed by atoms with van der Waals surface area (Å²) >= 11 is 6.20. The molecule has 0 saturated heterocycles. The van der Waals surface area contributed by atoms with E-state index in [2.05, 4.69) is 9.98 Å². The van der Waals surface area contributed by atoms with Crippen LogP contribution in [0.2, 0.25) is 5.02 Å². The van der Waals surface area contributed by atoms with Crippen molar-refractivity contribution < 1.29 is 5.11 Å².